The summed E-state index contributed by atoms with van der Waals surface area (Å²) in [5, 5.41) is 30.1. The van der Waals surface area contributed by atoms with Crippen molar-refractivity contribution < 1.29 is 42.6 Å². The molecule has 2 aliphatic heterocycles. The van der Waals surface area contributed by atoms with Gasteiger partial charge in [0, 0.05) is 67.6 Å². The van der Waals surface area contributed by atoms with Crippen LogP contribution in [0.25, 0.3) is 11.1 Å². The van der Waals surface area contributed by atoms with Crippen molar-refractivity contribution in [1.82, 2.24) is 51.1 Å². The zero-order valence-electron chi connectivity index (χ0n) is 43.6. The van der Waals surface area contributed by atoms with Crippen LogP contribution in [-0.4, -0.2) is 138 Å². The molecule has 398 valence electrons. The van der Waals surface area contributed by atoms with Crippen LogP contribution in [0.3, 0.4) is 0 Å². The number of amides is 5. The Morgan fingerprint density at radius 1 is 1.03 bits per heavy atom. The number of ether oxygens (including phenoxy) is 3. The van der Waals surface area contributed by atoms with Crippen molar-refractivity contribution in [2.75, 3.05) is 65.9 Å². The Hall–Kier alpha value is -6.99. The number of nitriles is 1. The lowest BCUT2D eigenvalue weighted by Gasteiger charge is -2.36. The van der Waals surface area contributed by atoms with Crippen molar-refractivity contribution in [3.63, 3.8) is 0 Å². The van der Waals surface area contributed by atoms with Gasteiger partial charge in [-0.3, -0.25) is 28.7 Å². The van der Waals surface area contributed by atoms with Gasteiger partial charge in [0.05, 0.1) is 57.3 Å². The second kappa shape index (κ2) is 25.8. The van der Waals surface area contributed by atoms with Crippen molar-refractivity contribution in [3.8, 4) is 22.9 Å². The van der Waals surface area contributed by atoms with Crippen LogP contribution in [0.2, 0.25) is 0 Å². The van der Waals surface area contributed by atoms with Gasteiger partial charge in [0.2, 0.25) is 23.6 Å². The number of pyridine rings is 1. The zero-order valence-corrected chi connectivity index (χ0v) is 43.6. The summed E-state index contributed by atoms with van der Waals surface area (Å²) in [4.78, 5) is 75.5. The number of anilines is 1. The molecule has 0 radical (unpaired) electrons. The van der Waals surface area contributed by atoms with Gasteiger partial charge in [-0.25, -0.2) is 9.37 Å². The fourth-order valence-corrected chi connectivity index (χ4v) is 9.01. The van der Waals surface area contributed by atoms with Crippen LogP contribution < -0.4 is 37.1 Å². The maximum Gasteiger partial charge on any atom is 0.254 e. The zero-order chi connectivity index (χ0) is 53.7. The van der Waals surface area contributed by atoms with Gasteiger partial charge in [0.25, 0.3) is 5.91 Å². The minimum atomic E-state index is -0.877. The SMILES string of the molecule is CC[C@@H](NC(=O)[C@@H]1C[C@H](NCCOCCOCCC(=O)NCCn2nc(C#N)c3c2CN(C)C(=O)c2ccc(F)cc2[C@@H](C)Oc2cc-3cnc2N)CN1C(=O)[C@@H](NC(=O)[C@H](C)NC)C(C)(C)C)c1ccccc1. The van der Waals surface area contributed by atoms with Crippen molar-refractivity contribution >= 4 is 35.4 Å². The molecule has 21 heteroatoms. The van der Waals surface area contributed by atoms with Gasteiger partial charge in [-0.2, -0.15) is 10.4 Å². The van der Waals surface area contributed by atoms with E-state index in [2.05, 4.69) is 42.7 Å². The molecule has 74 heavy (non-hydrogen) atoms. The molecule has 0 spiro atoms. The van der Waals surface area contributed by atoms with E-state index in [4.69, 9.17) is 19.9 Å². The first-order chi connectivity index (χ1) is 35.3. The number of rotatable bonds is 21. The number of carbonyl (C=O) groups is 5. The lowest BCUT2D eigenvalue weighted by atomic mass is 9.85. The summed E-state index contributed by atoms with van der Waals surface area (Å²) in [5.74, 6) is -1.86. The number of likely N-dealkylation sites (tertiary alicyclic amines) is 1. The van der Waals surface area contributed by atoms with Crippen molar-refractivity contribution in [2.24, 2.45) is 5.41 Å². The second-order valence-electron chi connectivity index (χ2n) is 19.7. The lowest BCUT2D eigenvalue weighted by molar-refractivity contribution is -0.144. The smallest absolute Gasteiger partial charge is 0.254 e. The van der Waals surface area contributed by atoms with Crippen LogP contribution >= 0.6 is 0 Å². The highest BCUT2D eigenvalue weighted by Gasteiger charge is 2.45. The minimum Gasteiger partial charge on any atom is -0.482 e. The monoisotopic (exact) mass is 1020 g/mol. The largest absolute Gasteiger partial charge is 0.482 e. The minimum absolute atomic E-state index is 0.0140. The predicted molar refractivity (Wildman–Crippen MR) is 275 cm³/mol. The van der Waals surface area contributed by atoms with Gasteiger partial charge in [-0.05, 0) is 69.0 Å². The summed E-state index contributed by atoms with van der Waals surface area (Å²) < 4.78 is 33.7. The topological polar surface area (TPSA) is 260 Å². The number of nitrogens with zero attached hydrogens (tertiary/aromatic N) is 6. The predicted octanol–water partition coefficient (Wildman–Crippen LogP) is 3.77. The first-order valence-corrected chi connectivity index (χ1v) is 25.1. The maximum atomic E-state index is 14.5. The number of hydrogen-bond donors (Lipinski definition) is 6. The number of halogens is 1. The summed E-state index contributed by atoms with van der Waals surface area (Å²) in [6.45, 7) is 13.0. The molecular weight excluding hydrogens is 952 g/mol. The van der Waals surface area contributed by atoms with E-state index in [0.717, 1.165) is 5.56 Å². The molecule has 2 bridgehead atoms. The molecule has 7 N–H and O–H groups in total. The Bertz CT molecular complexity index is 2650. The molecule has 6 rings (SSSR count). The standard InChI is InChI=1S/C53H71FN12O8/c1-9-40(34-13-11-10-12-14-34)61-50(69)42-27-37(30-65(42)52(71)47(53(4,5)6)62-49(68)32(2)57-7)58-19-22-73-24-23-72-21-17-45(67)59-18-20-66-43-31-64(8)51(70)38-16-15-36(54)26-39(38)33(3)74-44-25-35(29-60-48(44)56)46(43)41(28-55)63-66/h10-16,25-26,29,32-33,37,40,42,47,57-58H,9,17-24,27,30-31H2,1-8H3,(H2,56,60)(H,59,67)(H,61,69)(H,62,68)/t32-,33+,37-,40+,42-,47+/m0/s1. The highest BCUT2D eigenvalue weighted by molar-refractivity contribution is 5.96. The van der Waals surface area contributed by atoms with Crippen LogP contribution in [0.15, 0.2) is 60.8 Å². The third-order valence-corrected chi connectivity index (χ3v) is 13.3. The molecule has 2 aromatic heterocycles. The van der Waals surface area contributed by atoms with Gasteiger partial charge in [-0.1, -0.05) is 58.0 Å². The van der Waals surface area contributed by atoms with E-state index >= 15 is 0 Å². The Morgan fingerprint density at radius 2 is 1.76 bits per heavy atom. The lowest BCUT2D eigenvalue weighted by Crippen LogP contribution is -2.59. The molecule has 5 amide bonds. The first-order valence-electron chi connectivity index (χ1n) is 25.1. The molecule has 0 aliphatic carbocycles. The molecule has 4 aromatic rings. The van der Waals surface area contributed by atoms with Crippen LogP contribution in [0.5, 0.6) is 5.75 Å². The van der Waals surface area contributed by atoms with E-state index < -0.39 is 41.4 Å². The summed E-state index contributed by atoms with van der Waals surface area (Å²) >= 11 is 0. The Kier molecular flexibility index (Phi) is 19.6. The molecule has 6 atom stereocenters. The van der Waals surface area contributed by atoms with E-state index in [0.29, 0.717) is 48.4 Å². The summed E-state index contributed by atoms with van der Waals surface area (Å²) in [7, 11) is 3.27. The Balaban J connectivity index is 0.977. The van der Waals surface area contributed by atoms with E-state index in [1.54, 1.807) is 43.6 Å². The average molecular weight is 1020 g/mol. The van der Waals surface area contributed by atoms with E-state index in [9.17, 15) is 33.6 Å². The second-order valence-corrected chi connectivity index (χ2v) is 19.7. The average Bonchev–Trinajstić information content (AvgIpc) is 3.97. The number of nitrogens with one attached hydrogen (secondary N) is 5. The number of carbonyl (C=O) groups excluding carboxylic acids is 5. The number of hydrogen-bond acceptors (Lipinski definition) is 14. The molecule has 2 aliphatic rings. The number of fused-ring (bicyclic) bond motifs is 5. The van der Waals surface area contributed by atoms with Crippen LogP contribution in [0.4, 0.5) is 10.2 Å². The van der Waals surface area contributed by atoms with Crippen molar-refractivity contribution in [1.29, 1.82) is 5.26 Å². The summed E-state index contributed by atoms with van der Waals surface area (Å²) in [6, 6.07) is 14.7. The molecular formula is C53H71FN12O8. The highest BCUT2D eigenvalue weighted by Crippen LogP contribution is 2.36. The number of likely N-dealkylation sites (N-methyl/N-ethyl adjacent to an activating group) is 1. The quantitative estimate of drug-likeness (QED) is 0.0650. The molecule has 4 heterocycles. The third kappa shape index (κ3) is 14.2. The van der Waals surface area contributed by atoms with Gasteiger partial charge >= 0.3 is 0 Å². The van der Waals surface area contributed by atoms with Crippen LogP contribution in [-0.2, 0) is 41.7 Å². The van der Waals surface area contributed by atoms with Crippen molar-refractivity contribution in [3.05, 3.63) is 94.7 Å². The maximum absolute atomic E-state index is 14.5. The first kappa shape index (κ1) is 56.3. The molecule has 20 nitrogen and oxygen atoms in total. The van der Waals surface area contributed by atoms with Crippen molar-refractivity contribution in [2.45, 2.75) is 110 Å². The normalized spacial score (nSPS) is 17.8. The molecule has 1 fully saturated rings. The Labute approximate surface area is 432 Å². The molecule has 1 saturated heterocycles. The van der Waals surface area contributed by atoms with Crippen LogP contribution in [0, 0.1) is 22.6 Å². The van der Waals surface area contributed by atoms with Gasteiger partial charge in [-0.15, -0.1) is 0 Å². The van der Waals surface area contributed by atoms with Gasteiger partial charge in [0.1, 0.15) is 30.1 Å². The van der Waals surface area contributed by atoms with E-state index in [1.165, 1.54) is 29.3 Å². The van der Waals surface area contributed by atoms with Gasteiger partial charge in [0.15, 0.2) is 17.3 Å². The number of nitrogens with two attached hydrogens (primary N) is 1. The molecule has 0 unspecified atom stereocenters. The highest BCUT2D eigenvalue weighted by atomic mass is 19.1. The van der Waals surface area contributed by atoms with E-state index in [-0.39, 0.29) is 111 Å². The number of benzene rings is 2. The summed E-state index contributed by atoms with van der Waals surface area (Å²) in [5.41, 5.74) is 8.55. The Morgan fingerprint density at radius 3 is 2.45 bits per heavy atom. The number of aromatic nitrogens is 3. The molecule has 0 saturated carbocycles. The van der Waals surface area contributed by atoms with E-state index in [1.807, 2.05) is 58.0 Å². The fourth-order valence-electron chi connectivity index (χ4n) is 9.01. The third-order valence-electron chi connectivity index (χ3n) is 13.3. The van der Waals surface area contributed by atoms with Gasteiger partial charge < -0.3 is 56.3 Å². The molecule has 2 aromatic carbocycles. The fraction of sp³-hybridized carbons (Fsp3) is 0.509. The van der Waals surface area contributed by atoms with Crippen LogP contribution in [0.1, 0.15) is 106 Å². The summed E-state index contributed by atoms with van der Waals surface area (Å²) in [6.07, 6.45) is 1.81. The number of nitrogen functional groups attached to an aromatic ring is 1.